The largest absolute Gasteiger partial charge is 0.376 e. The SMILES string of the molecule is O=C(NCC1CCCCO1)c1ccc(-c2cccc(CN3CCCC3)c2)cc1. The number of hydrogen-bond donors (Lipinski definition) is 1. The lowest BCUT2D eigenvalue weighted by Crippen LogP contribution is -2.35. The minimum atomic E-state index is -0.0245. The van der Waals surface area contributed by atoms with Crippen molar-refractivity contribution in [2.75, 3.05) is 26.2 Å². The number of carbonyl (C=O) groups is 1. The highest BCUT2D eigenvalue weighted by molar-refractivity contribution is 5.94. The molecule has 0 aliphatic carbocycles. The van der Waals surface area contributed by atoms with Gasteiger partial charge in [0.1, 0.15) is 0 Å². The van der Waals surface area contributed by atoms with Crippen LogP contribution in [0.4, 0.5) is 0 Å². The summed E-state index contributed by atoms with van der Waals surface area (Å²) in [5, 5.41) is 3.01. The molecule has 2 aromatic rings. The van der Waals surface area contributed by atoms with Gasteiger partial charge in [0.2, 0.25) is 0 Å². The van der Waals surface area contributed by atoms with Gasteiger partial charge in [-0.2, -0.15) is 0 Å². The maximum Gasteiger partial charge on any atom is 0.251 e. The summed E-state index contributed by atoms with van der Waals surface area (Å²) in [5.74, 6) is -0.0245. The molecule has 1 atom stereocenters. The molecular formula is C24H30N2O2. The predicted octanol–water partition coefficient (Wildman–Crippen LogP) is 4.25. The predicted molar refractivity (Wildman–Crippen MR) is 112 cm³/mol. The van der Waals surface area contributed by atoms with E-state index in [-0.39, 0.29) is 12.0 Å². The number of nitrogens with zero attached hydrogens (tertiary/aromatic N) is 1. The fourth-order valence-corrected chi connectivity index (χ4v) is 4.14. The number of amides is 1. The quantitative estimate of drug-likeness (QED) is 0.817. The number of ether oxygens (including phenoxy) is 1. The lowest BCUT2D eigenvalue weighted by molar-refractivity contribution is 0.0169. The molecular weight excluding hydrogens is 348 g/mol. The Morgan fingerprint density at radius 1 is 1.00 bits per heavy atom. The van der Waals surface area contributed by atoms with E-state index in [9.17, 15) is 4.79 Å². The van der Waals surface area contributed by atoms with Crippen LogP contribution in [0.2, 0.25) is 0 Å². The summed E-state index contributed by atoms with van der Waals surface area (Å²) >= 11 is 0. The molecule has 0 bridgehead atoms. The Balaban J connectivity index is 1.36. The Morgan fingerprint density at radius 2 is 1.82 bits per heavy atom. The first-order valence-corrected chi connectivity index (χ1v) is 10.6. The lowest BCUT2D eigenvalue weighted by atomic mass is 10.0. The number of hydrogen-bond acceptors (Lipinski definition) is 3. The van der Waals surface area contributed by atoms with Crippen LogP contribution in [0.5, 0.6) is 0 Å². The zero-order valence-corrected chi connectivity index (χ0v) is 16.5. The molecule has 2 fully saturated rings. The fourth-order valence-electron chi connectivity index (χ4n) is 4.14. The van der Waals surface area contributed by atoms with E-state index in [1.54, 1.807) is 0 Å². The molecule has 4 rings (SSSR count). The van der Waals surface area contributed by atoms with Crippen LogP contribution in [0.3, 0.4) is 0 Å². The zero-order chi connectivity index (χ0) is 19.2. The highest BCUT2D eigenvalue weighted by Crippen LogP contribution is 2.23. The first kappa shape index (κ1) is 19.2. The minimum Gasteiger partial charge on any atom is -0.376 e. The molecule has 0 spiro atoms. The second-order valence-electron chi connectivity index (χ2n) is 7.96. The first-order chi connectivity index (χ1) is 13.8. The Labute approximate surface area is 167 Å². The summed E-state index contributed by atoms with van der Waals surface area (Å²) in [6.45, 7) is 4.85. The van der Waals surface area contributed by atoms with Gasteiger partial charge in [0.05, 0.1) is 6.10 Å². The van der Waals surface area contributed by atoms with Gasteiger partial charge >= 0.3 is 0 Å². The van der Waals surface area contributed by atoms with Gasteiger partial charge in [0.15, 0.2) is 0 Å². The van der Waals surface area contributed by atoms with Crippen molar-refractivity contribution in [1.82, 2.24) is 10.2 Å². The van der Waals surface area contributed by atoms with Gasteiger partial charge in [-0.3, -0.25) is 9.69 Å². The summed E-state index contributed by atoms with van der Waals surface area (Å²) in [4.78, 5) is 14.9. The molecule has 4 heteroatoms. The van der Waals surface area contributed by atoms with Crippen molar-refractivity contribution >= 4 is 5.91 Å². The summed E-state index contributed by atoms with van der Waals surface area (Å²) < 4.78 is 5.68. The van der Waals surface area contributed by atoms with Crippen LogP contribution in [0.1, 0.15) is 48.0 Å². The monoisotopic (exact) mass is 378 g/mol. The van der Waals surface area contributed by atoms with Crippen LogP contribution in [0.25, 0.3) is 11.1 Å². The number of benzene rings is 2. The zero-order valence-electron chi connectivity index (χ0n) is 16.5. The van der Waals surface area contributed by atoms with E-state index in [2.05, 4.69) is 34.5 Å². The molecule has 2 aliphatic heterocycles. The van der Waals surface area contributed by atoms with E-state index in [4.69, 9.17) is 4.74 Å². The number of rotatable bonds is 6. The lowest BCUT2D eigenvalue weighted by Gasteiger charge is -2.22. The average Bonchev–Trinajstić information content (AvgIpc) is 3.26. The van der Waals surface area contributed by atoms with Gasteiger partial charge in [-0.15, -0.1) is 0 Å². The second-order valence-corrected chi connectivity index (χ2v) is 7.96. The van der Waals surface area contributed by atoms with E-state index >= 15 is 0 Å². The van der Waals surface area contributed by atoms with Crippen LogP contribution < -0.4 is 5.32 Å². The molecule has 1 N–H and O–H groups in total. The molecule has 148 valence electrons. The van der Waals surface area contributed by atoms with E-state index in [0.29, 0.717) is 12.1 Å². The molecule has 1 amide bonds. The highest BCUT2D eigenvalue weighted by Gasteiger charge is 2.15. The number of likely N-dealkylation sites (tertiary alicyclic amines) is 1. The van der Waals surface area contributed by atoms with E-state index in [0.717, 1.165) is 31.6 Å². The molecule has 0 aromatic heterocycles. The molecule has 1 unspecified atom stereocenters. The summed E-state index contributed by atoms with van der Waals surface area (Å²) in [7, 11) is 0. The molecule has 28 heavy (non-hydrogen) atoms. The third-order valence-electron chi connectivity index (χ3n) is 5.78. The third-order valence-corrected chi connectivity index (χ3v) is 5.78. The Bertz CT molecular complexity index is 775. The second kappa shape index (κ2) is 9.35. The number of carbonyl (C=O) groups excluding carboxylic acids is 1. The van der Waals surface area contributed by atoms with Gasteiger partial charge in [0.25, 0.3) is 5.91 Å². The van der Waals surface area contributed by atoms with Crippen molar-refractivity contribution in [3.05, 3.63) is 59.7 Å². The maximum atomic E-state index is 12.4. The van der Waals surface area contributed by atoms with Crippen molar-refractivity contribution < 1.29 is 9.53 Å². The molecule has 0 radical (unpaired) electrons. The van der Waals surface area contributed by atoms with E-state index in [1.807, 2.05) is 24.3 Å². The van der Waals surface area contributed by atoms with Gasteiger partial charge in [0, 0.05) is 25.3 Å². The van der Waals surface area contributed by atoms with Crippen molar-refractivity contribution in [1.29, 1.82) is 0 Å². The van der Waals surface area contributed by atoms with Crippen molar-refractivity contribution in [2.45, 2.75) is 44.8 Å². The van der Waals surface area contributed by atoms with Crippen LogP contribution in [0, 0.1) is 0 Å². The first-order valence-electron chi connectivity index (χ1n) is 10.6. The minimum absolute atomic E-state index is 0.0245. The smallest absolute Gasteiger partial charge is 0.251 e. The molecule has 2 saturated heterocycles. The van der Waals surface area contributed by atoms with Crippen molar-refractivity contribution in [3.63, 3.8) is 0 Å². The van der Waals surface area contributed by atoms with Gasteiger partial charge in [-0.25, -0.2) is 0 Å². The van der Waals surface area contributed by atoms with E-state index < -0.39 is 0 Å². The summed E-state index contributed by atoms with van der Waals surface area (Å²) in [6, 6.07) is 16.7. The van der Waals surface area contributed by atoms with Gasteiger partial charge < -0.3 is 10.1 Å². The van der Waals surface area contributed by atoms with Crippen LogP contribution in [-0.4, -0.2) is 43.2 Å². The average molecular weight is 379 g/mol. The topological polar surface area (TPSA) is 41.6 Å². The summed E-state index contributed by atoms with van der Waals surface area (Å²) in [5.41, 5.74) is 4.41. The molecule has 4 nitrogen and oxygen atoms in total. The van der Waals surface area contributed by atoms with Gasteiger partial charge in [-0.05, 0) is 80.1 Å². The highest BCUT2D eigenvalue weighted by atomic mass is 16.5. The Kier molecular flexibility index (Phi) is 6.40. The molecule has 2 aliphatic rings. The van der Waals surface area contributed by atoms with Gasteiger partial charge in [-0.1, -0.05) is 30.3 Å². The summed E-state index contributed by atoms with van der Waals surface area (Å²) in [6.07, 6.45) is 6.14. The van der Waals surface area contributed by atoms with Crippen molar-refractivity contribution in [3.8, 4) is 11.1 Å². The maximum absolute atomic E-state index is 12.4. The van der Waals surface area contributed by atoms with Crippen LogP contribution in [-0.2, 0) is 11.3 Å². The van der Waals surface area contributed by atoms with E-state index in [1.165, 1.54) is 43.5 Å². The Hall–Kier alpha value is -2.17. The van der Waals surface area contributed by atoms with Crippen molar-refractivity contribution in [2.24, 2.45) is 0 Å². The number of nitrogens with one attached hydrogen (secondary N) is 1. The molecule has 2 heterocycles. The normalized spacial score (nSPS) is 20.2. The molecule has 2 aromatic carbocycles. The standard InChI is InChI=1S/C24H30N2O2/c27-24(25-17-23-8-1-4-15-28-23)21-11-9-20(10-12-21)22-7-5-6-19(16-22)18-26-13-2-3-14-26/h5-7,9-12,16,23H,1-4,8,13-15,17-18H2,(H,25,27). The fraction of sp³-hybridized carbons (Fsp3) is 0.458. The Morgan fingerprint density at radius 3 is 2.57 bits per heavy atom. The molecule has 0 saturated carbocycles. The van der Waals surface area contributed by atoms with Crippen LogP contribution in [0.15, 0.2) is 48.5 Å². The van der Waals surface area contributed by atoms with Crippen LogP contribution >= 0.6 is 0 Å². The third kappa shape index (κ3) is 5.00.